The minimum Gasteiger partial charge on any atom is -0.337 e. The van der Waals surface area contributed by atoms with Crippen LogP contribution in [-0.2, 0) is 19.2 Å². The summed E-state index contributed by atoms with van der Waals surface area (Å²) >= 11 is 0. The normalized spacial score (nSPS) is 10.6. The molecule has 0 atom stereocenters. The minimum absolute atomic E-state index is 0.0835. The van der Waals surface area contributed by atoms with Gasteiger partial charge in [0.05, 0.1) is 0 Å². The summed E-state index contributed by atoms with van der Waals surface area (Å²) in [5.41, 5.74) is 0. The van der Waals surface area contributed by atoms with E-state index in [1.807, 2.05) is 27.7 Å². The number of ketones is 2. The van der Waals surface area contributed by atoms with E-state index < -0.39 is 0 Å². The molecule has 0 saturated carbocycles. The molecule has 6 heteroatoms. The number of carbonyl (C=O) groups excluding carboxylic acids is 4. The van der Waals surface area contributed by atoms with Crippen LogP contribution in [0.25, 0.3) is 0 Å². The highest BCUT2D eigenvalue weighted by Gasteiger charge is 2.23. The van der Waals surface area contributed by atoms with Crippen LogP contribution in [-0.4, -0.2) is 59.4 Å². The second kappa shape index (κ2) is 10.9. The van der Waals surface area contributed by atoms with Crippen molar-refractivity contribution < 1.29 is 19.2 Å². The van der Waals surface area contributed by atoms with Gasteiger partial charge in [0, 0.05) is 38.0 Å². The zero-order chi connectivity index (χ0) is 19.8. The first-order chi connectivity index (χ1) is 10.7. The van der Waals surface area contributed by atoms with Gasteiger partial charge in [-0.2, -0.15) is 0 Å². The average Bonchev–Trinajstić information content (AvgIpc) is 2.50. The third-order valence-corrected chi connectivity index (χ3v) is 3.66. The molecule has 0 aromatic carbocycles. The van der Waals surface area contributed by atoms with Crippen LogP contribution in [0.3, 0.4) is 0 Å². The second-order valence-electron chi connectivity index (χ2n) is 7.06. The van der Waals surface area contributed by atoms with Crippen molar-refractivity contribution in [1.29, 1.82) is 0 Å². The lowest BCUT2D eigenvalue weighted by Gasteiger charge is -2.21. The van der Waals surface area contributed by atoms with Gasteiger partial charge in [-0.05, 0) is 27.7 Å². The first-order valence-electron chi connectivity index (χ1n) is 8.37. The fourth-order valence-electron chi connectivity index (χ4n) is 1.31. The van der Waals surface area contributed by atoms with Crippen LogP contribution < -0.4 is 0 Å². The summed E-state index contributed by atoms with van der Waals surface area (Å²) < 4.78 is 0. The quantitative estimate of drug-likeness (QED) is 0.693. The molecule has 0 fully saturated rings. The monoisotopic (exact) mass is 342 g/mol. The van der Waals surface area contributed by atoms with Gasteiger partial charge in [-0.1, -0.05) is 27.7 Å². The van der Waals surface area contributed by atoms with E-state index >= 15 is 0 Å². The maximum Gasteiger partial charge on any atom is 0.290 e. The van der Waals surface area contributed by atoms with Crippen LogP contribution in [0.2, 0.25) is 0 Å². The lowest BCUT2D eigenvalue weighted by molar-refractivity contribution is -0.146. The highest BCUT2D eigenvalue weighted by molar-refractivity contribution is 6.37. The third-order valence-electron chi connectivity index (χ3n) is 3.66. The molecular formula is C18H34N2O4. The predicted molar refractivity (Wildman–Crippen MR) is 95.5 cm³/mol. The Morgan fingerprint density at radius 2 is 0.750 bits per heavy atom. The summed E-state index contributed by atoms with van der Waals surface area (Å²) in [6.45, 7) is 14.4. The van der Waals surface area contributed by atoms with Gasteiger partial charge in [-0.3, -0.25) is 19.2 Å². The van der Waals surface area contributed by atoms with Gasteiger partial charge < -0.3 is 9.80 Å². The summed E-state index contributed by atoms with van der Waals surface area (Å²) in [4.78, 5) is 47.9. The Labute approximate surface area is 146 Å². The van der Waals surface area contributed by atoms with E-state index in [-0.39, 0.29) is 47.3 Å². The maximum absolute atomic E-state index is 11.3. The van der Waals surface area contributed by atoms with Crippen LogP contribution in [0.5, 0.6) is 0 Å². The summed E-state index contributed by atoms with van der Waals surface area (Å²) in [7, 11) is 3.29. The largest absolute Gasteiger partial charge is 0.337 e. The van der Waals surface area contributed by atoms with Crippen LogP contribution in [0.4, 0.5) is 0 Å². The number of likely N-dealkylation sites (N-methyl/N-ethyl adjacent to an activating group) is 2. The van der Waals surface area contributed by atoms with Gasteiger partial charge in [0.1, 0.15) is 0 Å². The number of rotatable bonds is 6. The predicted octanol–water partition coefficient (Wildman–Crippen LogP) is 2.16. The maximum atomic E-state index is 11.3. The molecule has 0 heterocycles. The molecule has 0 bridgehead atoms. The summed E-state index contributed by atoms with van der Waals surface area (Å²) in [5, 5.41) is 0. The number of Topliss-reactive ketones (excluding diaryl/α,β-unsaturated/α-hetero) is 2. The third kappa shape index (κ3) is 8.22. The van der Waals surface area contributed by atoms with Crippen molar-refractivity contribution in [1.82, 2.24) is 9.80 Å². The molecule has 0 aliphatic heterocycles. The highest BCUT2D eigenvalue weighted by atomic mass is 16.2. The van der Waals surface area contributed by atoms with Crippen molar-refractivity contribution in [2.75, 3.05) is 14.1 Å². The molecule has 0 saturated heterocycles. The van der Waals surface area contributed by atoms with Crippen molar-refractivity contribution in [3.8, 4) is 0 Å². The molecule has 0 aliphatic carbocycles. The van der Waals surface area contributed by atoms with Gasteiger partial charge in [-0.25, -0.2) is 0 Å². The second-order valence-corrected chi connectivity index (χ2v) is 7.06. The smallest absolute Gasteiger partial charge is 0.290 e. The molecule has 24 heavy (non-hydrogen) atoms. The van der Waals surface area contributed by atoms with E-state index in [4.69, 9.17) is 0 Å². The van der Waals surface area contributed by atoms with Crippen molar-refractivity contribution in [2.24, 2.45) is 11.8 Å². The molecular weight excluding hydrogens is 308 g/mol. The van der Waals surface area contributed by atoms with E-state index in [1.165, 1.54) is 9.80 Å². The Bertz CT molecular complexity index is 412. The van der Waals surface area contributed by atoms with Crippen molar-refractivity contribution in [3.63, 3.8) is 0 Å². The van der Waals surface area contributed by atoms with Crippen LogP contribution in [0, 0.1) is 11.8 Å². The molecule has 0 aliphatic rings. The Kier molecular flexibility index (Phi) is 11.2. The molecule has 0 rings (SSSR count). The lowest BCUT2D eigenvalue weighted by Crippen LogP contribution is -2.39. The molecule has 0 aromatic rings. The summed E-state index contributed by atoms with van der Waals surface area (Å²) in [6.07, 6.45) is 0. The molecule has 0 unspecified atom stereocenters. The number of hydrogen-bond donors (Lipinski definition) is 0. The Morgan fingerprint density at radius 1 is 0.542 bits per heavy atom. The number of hydrogen-bond acceptors (Lipinski definition) is 4. The molecule has 0 N–H and O–H groups in total. The van der Waals surface area contributed by atoms with Crippen LogP contribution in [0.1, 0.15) is 55.4 Å². The van der Waals surface area contributed by atoms with E-state index in [1.54, 1.807) is 41.8 Å². The van der Waals surface area contributed by atoms with Crippen LogP contribution >= 0.6 is 0 Å². The Hall–Kier alpha value is -1.72. The molecule has 2 amide bonds. The average molecular weight is 342 g/mol. The molecule has 0 spiro atoms. The molecule has 6 nitrogen and oxygen atoms in total. The SMILES string of the molecule is CC(C)C(=O)C(=O)N(C)C(C)C.CC(C)C(=O)C(=O)N(C)C(C)C. The molecule has 140 valence electrons. The summed E-state index contributed by atoms with van der Waals surface area (Å²) in [6, 6.07) is 0.167. The number of amides is 2. The van der Waals surface area contributed by atoms with Gasteiger partial charge in [0.15, 0.2) is 0 Å². The summed E-state index contributed by atoms with van der Waals surface area (Å²) in [5.74, 6) is -1.82. The van der Waals surface area contributed by atoms with Gasteiger partial charge >= 0.3 is 0 Å². The fraction of sp³-hybridized carbons (Fsp3) is 0.778. The number of carbonyl (C=O) groups is 4. The van der Waals surface area contributed by atoms with E-state index in [9.17, 15) is 19.2 Å². The standard InChI is InChI=1S/2C9H17NO2/c2*1-6(2)8(11)9(12)10(5)7(3)4/h2*6-7H,1-5H3. The van der Waals surface area contributed by atoms with Gasteiger partial charge in [0.2, 0.25) is 11.6 Å². The minimum atomic E-state index is -0.389. The van der Waals surface area contributed by atoms with Crippen molar-refractivity contribution >= 4 is 23.4 Å². The van der Waals surface area contributed by atoms with E-state index in [0.29, 0.717) is 0 Å². The van der Waals surface area contributed by atoms with Gasteiger partial charge in [0.25, 0.3) is 11.8 Å². The molecule has 0 radical (unpaired) electrons. The van der Waals surface area contributed by atoms with E-state index in [2.05, 4.69) is 0 Å². The Balaban J connectivity index is 0. The molecule has 0 aromatic heterocycles. The fourth-order valence-corrected chi connectivity index (χ4v) is 1.31. The van der Waals surface area contributed by atoms with Crippen molar-refractivity contribution in [2.45, 2.75) is 67.5 Å². The highest BCUT2D eigenvalue weighted by Crippen LogP contribution is 2.02. The lowest BCUT2D eigenvalue weighted by atomic mass is 10.1. The van der Waals surface area contributed by atoms with E-state index in [0.717, 1.165) is 0 Å². The first kappa shape index (κ1) is 24.5. The van der Waals surface area contributed by atoms with Crippen molar-refractivity contribution in [3.05, 3.63) is 0 Å². The zero-order valence-electron chi connectivity index (χ0n) is 16.8. The number of nitrogens with zero attached hydrogens (tertiary/aromatic N) is 2. The topological polar surface area (TPSA) is 74.8 Å². The Morgan fingerprint density at radius 3 is 0.875 bits per heavy atom. The van der Waals surface area contributed by atoms with Gasteiger partial charge in [-0.15, -0.1) is 0 Å². The zero-order valence-corrected chi connectivity index (χ0v) is 16.8. The first-order valence-corrected chi connectivity index (χ1v) is 8.37. The van der Waals surface area contributed by atoms with Crippen LogP contribution in [0.15, 0.2) is 0 Å².